The maximum absolute atomic E-state index is 2.49. The highest BCUT2D eigenvalue weighted by atomic mass is 15.1. The zero-order valence-electron chi connectivity index (χ0n) is 31.2. The predicted octanol–water partition coefficient (Wildman–Crippen LogP) is 14.3. The second-order valence-electron chi connectivity index (χ2n) is 15.9. The summed E-state index contributed by atoms with van der Waals surface area (Å²) >= 11 is 0. The van der Waals surface area contributed by atoms with Gasteiger partial charge in [0.15, 0.2) is 0 Å². The van der Waals surface area contributed by atoms with Gasteiger partial charge in [-0.2, -0.15) is 0 Å². The van der Waals surface area contributed by atoms with E-state index in [9.17, 15) is 0 Å². The summed E-state index contributed by atoms with van der Waals surface area (Å²) in [5.41, 5.74) is 15.9. The number of rotatable bonds is 3. The lowest BCUT2D eigenvalue weighted by Gasteiger charge is -2.56. The van der Waals surface area contributed by atoms with Gasteiger partial charge in [-0.1, -0.05) is 182 Å². The molecule has 13 rings (SSSR count). The van der Waals surface area contributed by atoms with Crippen LogP contribution in [-0.4, -0.2) is 0 Å². The Bertz CT molecular complexity index is 3120. The number of para-hydroxylation sites is 1. The lowest BCUT2D eigenvalue weighted by molar-refractivity contribution is 0.432. The Kier molecular flexibility index (Phi) is 6.09. The molecule has 0 unspecified atom stereocenters. The molecule has 0 radical (unpaired) electrons. The van der Waals surface area contributed by atoms with E-state index in [4.69, 9.17) is 0 Å². The molecule has 0 N–H and O–H groups in total. The van der Waals surface area contributed by atoms with Crippen LogP contribution in [0.1, 0.15) is 33.4 Å². The largest absolute Gasteiger partial charge is 0.310 e. The number of fused-ring (bicyclic) bond motifs is 9. The second-order valence-corrected chi connectivity index (χ2v) is 15.9. The van der Waals surface area contributed by atoms with Crippen LogP contribution in [0.3, 0.4) is 0 Å². The highest BCUT2D eigenvalue weighted by molar-refractivity contribution is 6.12. The maximum Gasteiger partial charge on any atom is 0.0648 e. The standard InChI is InChI=1S/C56H35N/c1-2-16-38(17-3-1)57(39-32-31-37-30-29-36-15-4-5-18-40(36)46(37)35-39)53-34-33-52-54-45(53)23-14-28-51(54)55-47-24-10-6-19-41(47)43-21-8-12-26-49(43)56(52,55)50-27-13-9-22-44(50)42-20-7-11-25-48(42)55/h1-35H. The molecule has 0 amide bonds. The monoisotopic (exact) mass is 721 g/mol. The van der Waals surface area contributed by atoms with Crippen molar-refractivity contribution in [2.24, 2.45) is 0 Å². The summed E-state index contributed by atoms with van der Waals surface area (Å²) in [6.07, 6.45) is 0. The van der Waals surface area contributed by atoms with Crippen molar-refractivity contribution in [3.63, 3.8) is 0 Å². The molecule has 0 bridgehead atoms. The molecule has 0 aliphatic heterocycles. The first kappa shape index (κ1) is 31.0. The van der Waals surface area contributed by atoms with Gasteiger partial charge in [0.2, 0.25) is 0 Å². The van der Waals surface area contributed by atoms with Gasteiger partial charge in [0.1, 0.15) is 0 Å². The van der Waals surface area contributed by atoms with Crippen LogP contribution in [0.5, 0.6) is 0 Å². The van der Waals surface area contributed by atoms with Gasteiger partial charge in [0, 0.05) is 16.8 Å². The Labute approximate surface area is 331 Å². The van der Waals surface area contributed by atoms with Crippen molar-refractivity contribution in [3.8, 4) is 22.3 Å². The van der Waals surface area contributed by atoms with Crippen LogP contribution in [0.4, 0.5) is 17.1 Å². The Morgan fingerprint density at radius 2 is 0.737 bits per heavy atom. The van der Waals surface area contributed by atoms with Gasteiger partial charge in [-0.15, -0.1) is 0 Å². The van der Waals surface area contributed by atoms with E-state index in [0.29, 0.717) is 0 Å². The first-order valence-corrected chi connectivity index (χ1v) is 20.0. The van der Waals surface area contributed by atoms with Crippen LogP contribution >= 0.6 is 0 Å². The van der Waals surface area contributed by atoms with E-state index >= 15 is 0 Å². The van der Waals surface area contributed by atoms with Crippen molar-refractivity contribution < 1.29 is 0 Å². The van der Waals surface area contributed by atoms with Crippen LogP contribution in [0, 0.1) is 0 Å². The zero-order chi connectivity index (χ0) is 37.3. The van der Waals surface area contributed by atoms with Gasteiger partial charge >= 0.3 is 0 Å². The molecule has 1 nitrogen and oxygen atoms in total. The molecule has 10 aromatic carbocycles. The van der Waals surface area contributed by atoms with Gasteiger partial charge in [-0.3, -0.25) is 0 Å². The van der Waals surface area contributed by atoms with Crippen LogP contribution in [-0.2, 0) is 10.8 Å². The first-order chi connectivity index (χ1) is 28.3. The minimum absolute atomic E-state index is 0.511. The van der Waals surface area contributed by atoms with Crippen LogP contribution < -0.4 is 4.90 Å². The average molecular weight is 722 g/mol. The molecule has 3 aliphatic rings. The van der Waals surface area contributed by atoms with E-state index in [-0.39, 0.29) is 0 Å². The number of anilines is 3. The number of nitrogens with zero attached hydrogens (tertiary/aromatic N) is 1. The van der Waals surface area contributed by atoms with Crippen LogP contribution in [0.25, 0.3) is 54.6 Å². The normalized spacial score (nSPS) is 18.0. The molecule has 264 valence electrons. The summed E-state index contributed by atoms with van der Waals surface area (Å²) in [5, 5.41) is 7.63. The minimum atomic E-state index is -0.511. The van der Waals surface area contributed by atoms with Gasteiger partial charge in [0.05, 0.1) is 16.5 Å². The van der Waals surface area contributed by atoms with Crippen molar-refractivity contribution >= 4 is 49.4 Å². The SMILES string of the molecule is c1ccc(N(c2ccc3ccc4ccccc4c3c2)c2ccc3c4c(cccc24)C24c5ccccc5-c5ccccc5C32c2ccccc2-c2ccccc24)cc1. The smallest absolute Gasteiger partial charge is 0.0648 e. The zero-order valence-corrected chi connectivity index (χ0v) is 31.2. The molecule has 0 atom stereocenters. The van der Waals surface area contributed by atoms with E-state index in [2.05, 4.69) is 217 Å². The topological polar surface area (TPSA) is 3.24 Å². The number of hydrogen-bond donors (Lipinski definition) is 0. The van der Waals surface area contributed by atoms with E-state index in [1.54, 1.807) is 0 Å². The Morgan fingerprint density at radius 1 is 0.281 bits per heavy atom. The maximum atomic E-state index is 2.49. The fourth-order valence-corrected chi connectivity index (χ4v) is 11.6. The summed E-state index contributed by atoms with van der Waals surface area (Å²) in [7, 11) is 0. The third-order valence-electron chi connectivity index (χ3n) is 13.5. The molecule has 10 aromatic rings. The van der Waals surface area contributed by atoms with Gasteiger partial charge in [0.25, 0.3) is 0 Å². The van der Waals surface area contributed by atoms with Gasteiger partial charge in [-0.05, 0) is 113 Å². The van der Waals surface area contributed by atoms with Crippen molar-refractivity contribution in [2.45, 2.75) is 10.8 Å². The number of hydrogen-bond acceptors (Lipinski definition) is 1. The van der Waals surface area contributed by atoms with Crippen molar-refractivity contribution in [2.75, 3.05) is 4.90 Å². The summed E-state index contributed by atoms with van der Waals surface area (Å²) in [4.78, 5) is 2.48. The Balaban J connectivity index is 1.19. The predicted molar refractivity (Wildman–Crippen MR) is 237 cm³/mol. The molecule has 0 saturated heterocycles. The fourth-order valence-electron chi connectivity index (χ4n) is 11.6. The molecule has 0 fully saturated rings. The van der Waals surface area contributed by atoms with Crippen molar-refractivity contribution in [1.29, 1.82) is 0 Å². The fraction of sp³-hybridized carbons (Fsp3) is 0.0357. The molecule has 57 heavy (non-hydrogen) atoms. The summed E-state index contributed by atoms with van der Waals surface area (Å²) in [6.45, 7) is 0. The van der Waals surface area contributed by atoms with Crippen LogP contribution in [0.2, 0.25) is 0 Å². The molecule has 0 aromatic heterocycles. The van der Waals surface area contributed by atoms with E-state index in [1.807, 2.05) is 0 Å². The molecular weight excluding hydrogens is 687 g/mol. The first-order valence-electron chi connectivity index (χ1n) is 20.0. The summed E-state index contributed by atoms with van der Waals surface area (Å²) < 4.78 is 0. The van der Waals surface area contributed by atoms with Crippen LogP contribution in [0.15, 0.2) is 212 Å². The number of benzene rings is 10. The Hall–Kier alpha value is -7.22. The molecule has 1 heteroatoms. The summed E-state index contributed by atoms with van der Waals surface area (Å²) in [5.74, 6) is 0. The van der Waals surface area contributed by atoms with E-state index < -0.39 is 10.8 Å². The average Bonchev–Trinajstić information content (AvgIpc) is 3.57. The Morgan fingerprint density at radius 3 is 1.35 bits per heavy atom. The quantitative estimate of drug-likeness (QED) is 0.164. The molecule has 3 aliphatic carbocycles. The molecule has 0 saturated carbocycles. The van der Waals surface area contributed by atoms with E-state index in [0.717, 1.165) is 11.4 Å². The minimum Gasteiger partial charge on any atom is -0.310 e. The van der Waals surface area contributed by atoms with Crippen molar-refractivity contribution in [3.05, 3.63) is 246 Å². The second kappa shape index (κ2) is 11.2. The third kappa shape index (κ3) is 3.70. The third-order valence-corrected chi connectivity index (χ3v) is 13.5. The van der Waals surface area contributed by atoms with Gasteiger partial charge in [-0.25, -0.2) is 0 Å². The molecular formula is C56H35N. The van der Waals surface area contributed by atoms with Crippen molar-refractivity contribution in [1.82, 2.24) is 0 Å². The van der Waals surface area contributed by atoms with Gasteiger partial charge < -0.3 is 4.90 Å². The molecule has 0 spiro atoms. The lowest BCUT2D eigenvalue weighted by Crippen LogP contribution is -2.54. The lowest BCUT2D eigenvalue weighted by atomic mass is 9.43. The summed E-state index contributed by atoms with van der Waals surface area (Å²) in [6, 6.07) is 80.1. The van der Waals surface area contributed by atoms with E-state index in [1.165, 1.54) is 93.6 Å². The molecule has 0 heterocycles. The highest BCUT2D eigenvalue weighted by Gasteiger charge is 2.67. The highest BCUT2D eigenvalue weighted by Crippen LogP contribution is 2.74.